The number of hydrogen-bond donors (Lipinski definition) is 2. The normalized spacial score (nSPS) is 10.1. The number of benzene rings is 1. The third-order valence-corrected chi connectivity index (χ3v) is 3.69. The fraction of sp³-hybridized carbons (Fsp3) is 0.333. The van der Waals surface area contributed by atoms with Crippen molar-refractivity contribution in [2.24, 2.45) is 0 Å². The fourth-order valence-electron chi connectivity index (χ4n) is 1.56. The summed E-state index contributed by atoms with van der Waals surface area (Å²) in [6, 6.07) is 3.31. The fourth-order valence-corrected chi connectivity index (χ4v) is 2.78. The highest BCUT2D eigenvalue weighted by molar-refractivity contribution is 9.11. The molecule has 0 bridgehead atoms. The van der Waals surface area contributed by atoms with Crippen LogP contribution in [0, 0.1) is 0 Å². The van der Waals surface area contributed by atoms with Gasteiger partial charge < -0.3 is 10.5 Å². The van der Waals surface area contributed by atoms with Gasteiger partial charge in [-0.3, -0.25) is 4.79 Å². The van der Waals surface area contributed by atoms with E-state index in [0.29, 0.717) is 15.5 Å². The van der Waals surface area contributed by atoms with Crippen molar-refractivity contribution >= 4 is 49.5 Å². The lowest BCUT2D eigenvalue weighted by Crippen LogP contribution is -2.54. The monoisotopic (exact) mass is 422 g/mol. The zero-order chi connectivity index (χ0) is 16.2. The van der Waals surface area contributed by atoms with Crippen LogP contribution in [0.3, 0.4) is 0 Å². The first-order valence-electron chi connectivity index (χ1n) is 5.97. The molecule has 7 nitrogen and oxygen atoms in total. The lowest BCUT2D eigenvalue weighted by Gasteiger charge is -2.30. The maximum atomic E-state index is 12.5. The van der Waals surface area contributed by atoms with Crippen LogP contribution in [0.25, 0.3) is 0 Å². The average Bonchev–Trinajstić information content (AvgIpc) is 2.46. The van der Waals surface area contributed by atoms with Gasteiger partial charge in [-0.2, -0.15) is 0 Å². The second-order valence-electron chi connectivity index (χ2n) is 3.97. The molecule has 0 heterocycles. The van der Waals surface area contributed by atoms with Gasteiger partial charge in [0, 0.05) is 22.5 Å². The van der Waals surface area contributed by atoms with Crippen molar-refractivity contribution < 1.29 is 14.3 Å². The number of carbonyl (C=O) groups is 2. The van der Waals surface area contributed by atoms with Crippen LogP contribution >= 0.6 is 31.9 Å². The molecular formula is C12H16Br2N4O3. The molecule has 2 amide bonds. The van der Waals surface area contributed by atoms with Gasteiger partial charge in [0.05, 0.1) is 18.4 Å². The number of amides is 2. The third kappa shape index (κ3) is 4.08. The summed E-state index contributed by atoms with van der Waals surface area (Å²) in [5.74, 6) is -0.458. The Morgan fingerprint density at radius 1 is 1.38 bits per heavy atom. The van der Waals surface area contributed by atoms with Crippen LogP contribution < -0.4 is 11.2 Å². The lowest BCUT2D eigenvalue weighted by molar-refractivity contribution is -0.0205. The van der Waals surface area contributed by atoms with E-state index >= 15 is 0 Å². The topological polar surface area (TPSA) is 87.9 Å². The first-order valence-corrected chi connectivity index (χ1v) is 7.56. The number of nitrogens with zero attached hydrogens (tertiary/aromatic N) is 2. The Hall–Kier alpha value is -1.32. The molecule has 0 unspecified atom stereocenters. The third-order valence-electron chi connectivity index (χ3n) is 2.57. The molecule has 116 valence electrons. The van der Waals surface area contributed by atoms with Gasteiger partial charge in [-0.1, -0.05) is 22.9 Å². The minimum Gasteiger partial charge on any atom is -0.451 e. The van der Waals surface area contributed by atoms with Crippen molar-refractivity contribution in [3.05, 3.63) is 26.6 Å². The number of anilines is 1. The summed E-state index contributed by atoms with van der Waals surface area (Å²) < 4.78 is 5.90. The minimum absolute atomic E-state index is 0.255. The molecule has 3 N–H and O–H groups in total. The van der Waals surface area contributed by atoms with E-state index in [9.17, 15) is 9.59 Å². The van der Waals surface area contributed by atoms with Crippen LogP contribution in [0.15, 0.2) is 21.1 Å². The van der Waals surface area contributed by atoms with Gasteiger partial charge in [0.15, 0.2) is 0 Å². The highest BCUT2D eigenvalue weighted by Crippen LogP contribution is 2.29. The maximum Gasteiger partial charge on any atom is 0.443 e. The minimum atomic E-state index is -0.708. The first kappa shape index (κ1) is 17.7. The zero-order valence-corrected chi connectivity index (χ0v) is 15.0. The van der Waals surface area contributed by atoms with Crippen LogP contribution in [0.4, 0.5) is 10.5 Å². The number of rotatable bonds is 3. The molecule has 1 rings (SSSR count). The molecule has 0 spiro atoms. The summed E-state index contributed by atoms with van der Waals surface area (Å²) in [4.78, 5) is 24.2. The van der Waals surface area contributed by atoms with E-state index in [-0.39, 0.29) is 11.3 Å². The van der Waals surface area contributed by atoms with Crippen molar-refractivity contribution in [3.63, 3.8) is 0 Å². The van der Waals surface area contributed by atoms with E-state index in [1.165, 1.54) is 14.2 Å². The molecule has 0 aliphatic carbocycles. The van der Waals surface area contributed by atoms with Crippen molar-refractivity contribution in [2.45, 2.75) is 6.92 Å². The SMILES string of the molecule is CCNN(C(=O)OC)N(C)C(=O)c1cc(Br)cc(Br)c1N. The Morgan fingerprint density at radius 2 is 2.00 bits per heavy atom. The van der Waals surface area contributed by atoms with Crippen LogP contribution in [0.1, 0.15) is 17.3 Å². The summed E-state index contributed by atoms with van der Waals surface area (Å²) in [5.41, 5.74) is 9.18. The second kappa shape index (κ2) is 7.62. The standard InChI is InChI=1S/C12H16Br2N4O3/c1-4-16-18(12(20)21-3)17(2)11(19)8-5-7(13)6-9(14)10(8)15/h5-6,16H,4,15H2,1-3H3. The van der Waals surface area contributed by atoms with Gasteiger partial charge in [0.2, 0.25) is 0 Å². The Morgan fingerprint density at radius 3 is 2.52 bits per heavy atom. The van der Waals surface area contributed by atoms with Crippen molar-refractivity contribution in [1.82, 2.24) is 15.6 Å². The van der Waals surface area contributed by atoms with E-state index in [1.54, 1.807) is 19.1 Å². The number of halogens is 2. The van der Waals surface area contributed by atoms with E-state index in [0.717, 1.165) is 10.1 Å². The van der Waals surface area contributed by atoms with Gasteiger partial charge in [0.1, 0.15) is 0 Å². The van der Waals surface area contributed by atoms with Crippen molar-refractivity contribution in [2.75, 3.05) is 26.4 Å². The van der Waals surface area contributed by atoms with Crippen molar-refractivity contribution in [3.8, 4) is 0 Å². The van der Waals surface area contributed by atoms with Gasteiger partial charge in [-0.25, -0.2) is 15.2 Å². The number of hydrogen-bond acceptors (Lipinski definition) is 5. The molecule has 1 aromatic carbocycles. The first-order chi connectivity index (χ1) is 9.83. The van der Waals surface area contributed by atoms with Crippen LogP contribution in [-0.4, -0.2) is 42.8 Å². The highest BCUT2D eigenvalue weighted by Gasteiger charge is 2.26. The molecule has 1 aromatic rings. The molecular weight excluding hydrogens is 408 g/mol. The summed E-state index contributed by atoms with van der Waals surface area (Å²) in [6.07, 6.45) is -0.708. The number of hydrazine groups is 2. The predicted octanol–water partition coefficient (Wildman–Crippen LogP) is 2.37. The van der Waals surface area contributed by atoms with E-state index < -0.39 is 12.0 Å². The second-order valence-corrected chi connectivity index (χ2v) is 5.74. The highest BCUT2D eigenvalue weighted by atomic mass is 79.9. The summed E-state index contributed by atoms with van der Waals surface area (Å²) in [7, 11) is 2.67. The molecule has 0 aliphatic heterocycles. The zero-order valence-electron chi connectivity index (χ0n) is 11.8. The number of methoxy groups -OCH3 is 1. The maximum absolute atomic E-state index is 12.5. The van der Waals surface area contributed by atoms with Crippen LogP contribution in [0.5, 0.6) is 0 Å². The van der Waals surface area contributed by atoms with Crippen LogP contribution in [-0.2, 0) is 4.74 Å². The number of nitrogen functional groups attached to an aromatic ring is 1. The average molecular weight is 424 g/mol. The van der Waals surface area contributed by atoms with Gasteiger partial charge in [0.25, 0.3) is 5.91 Å². The van der Waals surface area contributed by atoms with Crippen molar-refractivity contribution in [1.29, 1.82) is 0 Å². The number of ether oxygens (including phenoxy) is 1. The quantitative estimate of drug-likeness (QED) is 0.575. The summed E-state index contributed by atoms with van der Waals surface area (Å²) in [6.45, 7) is 2.22. The van der Waals surface area contributed by atoms with Gasteiger partial charge in [-0.05, 0) is 28.1 Å². The van der Waals surface area contributed by atoms with E-state index in [1.807, 2.05) is 0 Å². The number of carbonyl (C=O) groups excluding carboxylic acids is 2. The summed E-state index contributed by atoms with van der Waals surface area (Å²) >= 11 is 6.58. The Kier molecular flexibility index (Phi) is 6.43. The molecule has 0 fully saturated rings. The molecule has 9 heteroatoms. The molecule has 0 radical (unpaired) electrons. The van der Waals surface area contributed by atoms with E-state index in [4.69, 9.17) is 5.73 Å². The smallest absolute Gasteiger partial charge is 0.443 e. The predicted molar refractivity (Wildman–Crippen MR) is 86.3 cm³/mol. The molecule has 0 aliphatic rings. The molecule has 21 heavy (non-hydrogen) atoms. The molecule has 0 saturated heterocycles. The molecule has 0 saturated carbocycles. The molecule has 0 atom stereocenters. The van der Waals surface area contributed by atoms with Gasteiger partial charge >= 0.3 is 6.09 Å². The largest absolute Gasteiger partial charge is 0.451 e. The van der Waals surface area contributed by atoms with Crippen LogP contribution in [0.2, 0.25) is 0 Å². The summed E-state index contributed by atoms with van der Waals surface area (Å²) in [5, 5.41) is 2.08. The molecule has 0 aromatic heterocycles. The Balaban J connectivity index is 3.14. The Labute approximate surface area is 139 Å². The van der Waals surface area contributed by atoms with Gasteiger partial charge in [-0.15, -0.1) is 5.12 Å². The lowest BCUT2D eigenvalue weighted by atomic mass is 10.1. The Bertz CT molecular complexity index is 554. The number of nitrogens with one attached hydrogen (secondary N) is 1. The van der Waals surface area contributed by atoms with E-state index in [2.05, 4.69) is 42.0 Å². The number of nitrogens with two attached hydrogens (primary N) is 1.